The lowest BCUT2D eigenvalue weighted by atomic mass is 9.84. The summed E-state index contributed by atoms with van der Waals surface area (Å²) in [5.74, 6) is 0.812. The van der Waals surface area contributed by atoms with Crippen LogP contribution >= 0.6 is 0 Å². The normalized spacial score (nSPS) is 13.4. The monoisotopic (exact) mass is 291 g/mol. The molecule has 114 valence electrons. The first-order chi connectivity index (χ1) is 9.90. The highest BCUT2D eigenvalue weighted by molar-refractivity contribution is 5.53. The molecule has 21 heavy (non-hydrogen) atoms. The maximum atomic E-state index is 12.9. The maximum absolute atomic E-state index is 12.9. The summed E-state index contributed by atoms with van der Waals surface area (Å²) < 4.78 is 18.2. The number of hydrogen-bond acceptors (Lipinski definition) is 4. The molecule has 1 atom stereocenters. The Balaban J connectivity index is 2.14. The van der Waals surface area contributed by atoms with Crippen LogP contribution in [-0.2, 0) is 6.42 Å². The highest BCUT2D eigenvalue weighted by Gasteiger charge is 2.26. The molecule has 0 saturated heterocycles. The van der Waals surface area contributed by atoms with Crippen molar-refractivity contribution >= 4 is 0 Å². The molecule has 0 saturated carbocycles. The third-order valence-electron chi connectivity index (χ3n) is 3.45. The van der Waals surface area contributed by atoms with Crippen LogP contribution in [0.1, 0.15) is 33.6 Å². The van der Waals surface area contributed by atoms with E-state index in [0.29, 0.717) is 18.1 Å². The van der Waals surface area contributed by atoms with Gasteiger partial charge in [-0.15, -0.1) is 0 Å². The van der Waals surface area contributed by atoms with Gasteiger partial charge in [-0.2, -0.15) is 4.98 Å². The topological polar surface area (TPSA) is 51.0 Å². The molecule has 5 heteroatoms. The van der Waals surface area contributed by atoms with Crippen LogP contribution in [0, 0.1) is 11.2 Å². The Labute approximate surface area is 124 Å². The molecular formula is C16H22FN3O. The van der Waals surface area contributed by atoms with Crippen molar-refractivity contribution in [3.05, 3.63) is 36.0 Å². The lowest BCUT2D eigenvalue weighted by Crippen LogP contribution is -2.41. The molecule has 1 N–H and O–H groups in total. The minimum Gasteiger partial charge on any atom is -0.339 e. The highest BCUT2D eigenvalue weighted by atomic mass is 19.1. The molecular weight excluding hydrogens is 269 g/mol. The van der Waals surface area contributed by atoms with Gasteiger partial charge in [0.25, 0.3) is 0 Å². The van der Waals surface area contributed by atoms with Crippen LogP contribution in [0.3, 0.4) is 0 Å². The van der Waals surface area contributed by atoms with E-state index in [1.807, 2.05) is 0 Å². The Morgan fingerprint density at radius 1 is 1.24 bits per heavy atom. The number of nitrogens with one attached hydrogen (secondary N) is 1. The highest BCUT2D eigenvalue weighted by Crippen LogP contribution is 2.23. The van der Waals surface area contributed by atoms with Gasteiger partial charge in [0.1, 0.15) is 5.82 Å². The molecule has 4 nitrogen and oxygen atoms in total. The van der Waals surface area contributed by atoms with Gasteiger partial charge < -0.3 is 9.84 Å². The van der Waals surface area contributed by atoms with E-state index in [4.69, 9.17) is 4.52 Å². The van der Waals surface area contributed by atoms with Crippen molar-refractivity contribution in [3.8, 4) is 11.4 Å². The molecule has 1 unspecified atom stereocenters. The van der Waals surface area contributed by atoms with Crippen LogP contribution in [0.25, 0.3) is 11.4 Å². The van der Waals surface area contributed by atoms with Crippen molar-refractivity contribution in [2.75, 3.05) is 6.54 Å². The van der Waals surface area contributed by atoms with E-state index >= 15 is 0 Å². The van der Waals surface area contributed by atoms with Gasteiger partial charge >= 0.3 is 0 Å². The summed E-state index contributed by atoms with van der Waals surface area (Å²) >= 11 is 0. The summed E-state index contributed by atoms with van der Waals surface area (Å²) in [6, 6.07) is 6.33. The van der Waals surface area contributed by atoms with E-state index < -0.39 is 0 Å². The van der Waals surface area contributed by atoms with Crippen molar-refractivity contribution in [1.82, 2.24) is 15.5 Å². The van der Waals surface area contributed by atoms with E-state index in [2.05, 4.69) is 43.2 Å². The van der Waals surface area contributed by atoms with Crippen LogP contribution in [-0.4, -0.2) is 22.7 Å². The summed E-state index contributed by atoms with van der Waals surface area (Å²) in [5, 5.41) is 7.43. The Bertz CT molecular complexity index is 572. The van der Waals surface area contributed by atoms with Crippen molar-refractivity contribution in [3.63, 3.8) is 0 Å². The molecule has 0 aliphatic heterocycles. The number of aromatic nitrogens is 2. The largest absolute Gasteiger partial charge is 0.339 e. The van der Waals surface area contributed by atoms with Gasteiger partial charge in [-0.25, -0.2) is 4.39 Å². The maximum Gasteiger partial charge on any atom is 0.228 e. The zero-order valence-corrected chi connectivity index (χ0v) is 13.0. The molecule has 1 heterocycles. The first kappa shape index (κ1) is 15.6. The van der Waals surface area contributed by atoms with Gasteiger partial charge in [0, 0.05) is 18.0 Å². The molecule has 0 aliphatic rings. The van der Waals surface area contributed by atoms with E-state index in [0.717, 1.165) is 12.1 Å². The molecule has 0 radical (unpaired) electrons. The quantitative estimate of drug-likeness (QED) is 0.916. The standard InChI is InChI=1S/C16H22FN3O/c1-5-18-13(16(2,3)4)10-14-19-15(20-21-14)11-6-8-12(17)9-7-11/h6-9,13,18H,5,10H2,1-4H3. The van der Waals surface area contributed by atoms with E-state index in [9.17, 15) is 4.39 Å². The van der Waals surface area contributed by atoms with Gasteiger partial charge in [-0.1, -0.05) is 32.9 Å². The van der Waals surface area contributed by atoms with Gasteiger partial charge in [0.15, 0.2) is 0 Å². The Morgan fingerprint density at radius 2 is 1.90 bits per heavy atom. The number of nitrogens with zero attached hydrogens (tertiary/aromatic N) is 2. The minimum absolute atomic E-state index is 0.0977. The van der Waals surface area contributed by atoms with Gasteiger partial charge in [-0.3, -0.25) is 0 Å². The van der Waals surface area contributed by atoms with E-state index in [1.54, 1.807) is 12.1 Å². The lowest BCUT2D eigenvalue weighted by Gasteiger charge is -2.30. The predicted molar refractivity (Wildman–Crippen MR) is 80.3 cm³/mol. The first-order valence-electron chi connectivity index (χ1n) is 7.22. The van der Waals surface area contributed by atoms with Gasteiger partial charge in [0.2, 0.25) is 11.7 Å². The molecule has 2 aromatic rings. The van der Waals surface area contributed by atoms with Crippen molar-refractivity contribution < 1.29 is 8.91 Å². The fourth-order valence-corrected chi connectivity index (χ4v) is 2.16. The fourth-order valence-electron chi connectivity index (χ4n) is 2.16. The zero-order chi connectivity index (χ0) is 15.5. The number of hydrogen-bond donors (Lipinski definition) is 1. The SMILES string of the molecule is CCNC(Cc1nc(-c2ccc(F)cc2)no1)C(C)(C)C. The number of halogens is 1. The average molecular weight is 291 g/mol. The van der Waals surface area contributed by atoms with Gasteiger partial charge in [-0.05, 0) is 36.2 Å². The second-order valence-electron chi connectivity index (χ2n) is 6.20. The molecule has 0 aliphatic carbocycles. The van der Waals surface area contributed by atoms with Crippen molar-refractivity contribution in [2.45, 2.75) is 40.2 Å². The smallest absolute Gasteiger partial charge is 0.228 e. The van der Waals surface area contributed by atoms with Crippen LogP contribution in [0.15, 0.2) is 28.8 Å². The number of rotatable bonds is 5. The second kappa shape index (κ2) is 6.35. The Kier molecular flexibility index (Phi) is 4.73. The molecule has 0 fully saturated rings. The Morgan fingerprint density at radius 3 is 2.48 bits per heavy atom. The number of benzene rings is 1. The van der Waals surface area contributed by atoms with E-state index in [1.165, 1.54) is 12.1 Å². The average Bonchev–Trinajstić information content (AvgIpc) is 2.87. The second-order valence-corrected chi connectivity index (χ2v) is 6.20. The van der Waals surface area contributed by atoms with Crippen LogP contribution in [0.2, 0.25) is 0 Å². The zero-order valence-electron chi connectivity index (χ0n) is 13.0. The van der Waals surface area contributed by atoms with Crippen molar-refractivity contribution in [1.29, 1.82) is 0 Å². The van der Waals surface area contributed by atoms with Crippen LogP contribution < -0.4 is 5.32 Å². The molecule has 0 bridgehead atoms. The predicted octanol–water partition coefficient (Wildman–Crippen LogP) is 3.44. The van der Waals surface area contributed by atoms with Crippen LogP contribution in [0.5, 0.6) is 0 Å². The third-order valence-corrected chi connectivity index (χ3v) is 3.45. The summed E-state index contributed by atoms with van der Waals surface area (Å²) in [6.45, 7) is 9.50. The van der Waals surface area contributed by atoms with Crippen molar-refractivity contribution in [2.24, 2.45) is 5.41 Å². The van der Waals surface area contributed by atoms with Gasteiger partial charge in [0.05, 0.1) is 0 Å². The molecule has 1 aromatic carbocycles. The first-order valence-corrected chi connectivity index (χ1v) is 7.22. The lowest BCUT2D eigenvalue weighted by molar-refractivity contribution is 0.247. The summed E-state index contributed by atoms with van der Waals surface area (Å²) in [4.78, 5) is 4.41. The van der Waals surface area contributed by atoms with E-state index in [-0.39, 0.29) is 17.3 Å². The fraction of sp³-hybridized carbons (Fsp3) is 0.500. The summed E-state index contributed by atoms with van der Waals surface area (Å²) in [5.41, 5.74) is 0.850. The molecule has 0 amide bonds. The Hall–Kier alpha value is -1.75. The minimum atomic E-state index is -0.276. The number of likely N-dealkylation sites (N-methyl/N-ethyl adjacent to an activating group) is 1. The third kappa shape index (κ3) is 4.11. The molecule has 1 aromatic heterocycles. The molecule has 2 rings (SSSR count). The molecule has 0 spiro atoms. The summed E-state index contributed by atoms with van der Waals surface area (Å²) in [7, 11) is 0. The van der Waals surface area contributed by atoms with Crippen LogP contribution in [0.4, 0.5) is 4.39 Å². The summed E-state index contributed by atoms with van der Waals surface area (Å²) in [6.07, 6.45) is 0.672.